The Bertz CT molecular complexity index is 243. The molecule has 1 unspecified atom stereocenters. The highest BCUT2D eigenvalue weighted by molar-refractivity contribution is 5.78. The summed E-state index contributed by atoms with van der Waals surface area (Å²) in [5.74, 6) is 0.0938. The van der Waals surface area contributed by atoms with E-state index in [1.54, 1.807) is 0 Å². The maximum absolute atomic E-state index is 11.4. The van der Waals surface area contributed by atoms with Crippen LogP contribution in [0.4, 0.5) is 0 Å². The lowest BCUT2D eigenvalue weighted by Crippen LogP contribution is -2.40. The van der Waals surface area contributed by atoms with Gasteiger partial charge in [0.05, 0.1) is 6.54 Å². The molecule has 0 aliphatic carbocycles. The minimum Gasteiger partial charge on any atom is -0.353 e. The fourth-order valence-corrected chi connectivity index (χ4v) is 2.47. The molecular formula is C14H29N3O. The Hall–Kier alpha value is -0.610. The Balaban J connectivity index is 1.99. The highest BCUT2D eigenvalue weighted by Crippen LogP contribution is 2.15. The van der Waals surface area contributed by atoms with Gasteiger partial charge < -0.3 is 15.5 Å². The standard InChI is InChI=1S/C14H29N3O/c1-12(2)16-14(18)11-15-8-6-10-17-9-5-4-7-13(17)3/h12-13,15H,4-11H2,1-3H3,(H,16,18). The molecule has 1 fully saturated rings. The molecule has 0 aromatic carbocycles. The number of amides is 1. The summed E-state index contributed by atoms with van der Waals surface area (Å²) < 4.78 is 0. The van der Waals surface area contributed by atoms with Gasteiger partial charge in [-0.3, -0.25) is 4.79 Å². The Morgan fingerprint density at radius 1 is 1.39 bits per heavy atom. The molecule has 0 aromatic heterocycles. The van der Waals surface area contributed by atoms with Crippen LogP contribution in [0.5, 0.6) is 0 Å². The fraction of sp³-hybridized carbons (Fsp3) is 0.929. The third-order valence-corrected chi connectivity index (χ3v) is 3.47. The van der Waals surface area contributed by atoms with Crippen LogP contribution in [0.1, 0.15) is 46.5 Å². The fourth-order valence-electron chi connectivity index (χ4n) is 2.47. The monoisotopic (exact) mass is 255 g/mol. The number of likely N-dealkylation sites (tertiary alicyclic amines) is 1. The largest absolute Gasteiger partial charge is 0.353 e. The molecule has 106 valence electrons. The Morgan fingerprint density at radius 3 is 2.83 bits per heavy atom. The number of carbonyl (C=O) groups excluding carboxylic acids is 1. The zero-order valence-electron chi connectivity index (χ0n) is 12.2. The van der Waals surface area contributed by atoms with E-state index in [0.717, 1.165) is 25.6 Å². The van der Waals surface area contributed by atoms with E-state index >= 15 is 0 Å². The van der Waals surface area contributed by atoms with Crippen molar-refractivity contribution in [1.29, 1.82) is 0 Å². The molecule has 0 spiro atoms. The van der Waals surface area contributed by atoms with Crippen molar-refractivity contribution in [3.63, 3.8) is 0 Å². The lowest BCUT2D eigenvalue weighted by atomic mass is 10.0. The van der Waals surface area contributed by atoms with Crippen molar-refractivity contribution in [3.05, 3.63) is 0 Å². The van der Waals surface area contributed by atoms with Crippen LogP contribution >= 0.6 is 0 Å². The lowest BCUT2D eigenvalue weighted by Gasteiger charge is -2.33. The topological polar surface area (TPSA) is 44.4 Å². The van der Waals surface area contributed by atoms with Gasteiger partial charge in [0.25, 0.3) is 0 Å². The van der Waals surface area contributed by atoms with Gasteiger partial charge in [0.15, 0.2) is 0 Å². The molecule has 4 nitrogen and oxygen atoms in total. The van der Waals surface area contributed by atoms with E-state index in [9.17, 15) is 4.79 Å². The second-order valence-electron chi connectivity index (χ2n) is 5.63. The van der Waals surface area contributed by atoms with Crippen LogP contribution in [0.15, 0.2) is 0 Å². The molecule has 0 aromatic rings. The molecule has 1 amide bonds. The minimum absolute atomic E-state index is 0.0938. The maximum Gasteiger partial charge on any atom is 0.234 e. The first-order valence-electron chi connectivity index (χ1n) is 7.33. The van der Waals surface area contributed by atoms with Gasteiger partial charge >= 0.3 is 0 Å². The van der Waals surface area contributed by atoms with Gasteiger partial charge in [-0.25, -0.2) is 0 Å². The van der Waals surface area contributed by atoms with Crippen molar-refractivity contribution in [3.8, 4) is 0 Å². The number of hydrogen-bond donors (Lipinski definition) is 2. The summed E-state index contributed by atoms with van der Waals surface area (Å²) in [5, 5.41) is 6.08. The van der Waals surface area contributed by atoms with Crippen LogP contribution in [0.2, 0.25) is 0 Å². The van der Waals surface area contributed by atoms with E-state index in [4.69, 9.17) is 0 Å². The summed E-state index contributed by atoms with van der Waals surface area (Å²) in [6.45, 7) is 10.0. The highest BCUT2D eigenvalue weighted by Gasteiger charge is 2.16. The van der Waals surface area contributed by atoms with E-state index in [1.165, 1.54) is 25.8 Å². The summed E-state index contributed by atoms with van der Waals surface area (Å²) in [4.78, 5) is 14.0. The second kappa shape index (κ2) is 8.48. The molecule has 1 aliphatic rings. The van der Waals surface area contributed by atoms with E-state index in [-0.39, 0.29) is 11.9 Å². The smallest absolute Gasteiger partial charge is 0.234 e. The molecule has 18 heavy (non-hydrogen) atoms. The number of hydrogen-bond acceptors (Lipinski definition) is 3. The first-order chi connectivity index (χ1) is 8.59. The predicted molar refractivity (Wildman–Crippen MR) is 75.7 cm³/mol. The van der Waals surface area contributed by atoms with E-state index in [0.29, 0.717) is 6.54 Å². The normalized spacial score (nSPS) is 21.2. The Labute approximate surface area is 111 Å². The molecule has 2 N–H and O–H groups in total. The van der Waals surface area contributed by atoms with Gasteiger partial charge in [-0.05, 0) is 59.7 Å². The van der Waals surface area contributed by atoms with Crippen LogP contribution in [0.25, 0.3) is 0 Å². The van der Waals surface area contributed by atoms with E-state index < -0.39 is 0 Å². The predicted octanol–water partition coefficient (Wildman–Crippen LogP) is 1.37. The summed E-state index contributed by atoms with van der Waals surface area (Å²) >= 11 is 0. The van der Waals surface area contributed by atoms with Crippen molar-refractivity contribution in [2.24, 2.45) is 0 Å². The van der Waals surface area contributed by atoms with Crippen molar-refractivity contribution in [2.75, 3.05) is 26.2 Å². The third kappa shape index (κ3) is 6.36. The summed E-state index contributed by atoms with van der Waals surface area (Å²) in [5.41, 5.74) is 0. The molecule has 0 radical (unpaired) electrons. The summed E-state index contributed by atoms with van der Waals surface area (Å²) in [7, 11) is 0. The van der Waals surface area contributed by atoms with Crippen molar-refractivity contribution in [2.45, 2.75) is 58.5 Å². The maximum atomic E-state index is 11.4. The van der Waals surface area contributed by atoms with E-state index in [1.807, 2.05) is 13.8 Å². The number of carbonyl (C=O) groups is 1. The van der Waals surface area contributed by atoms with Crippen LogP contribution in [-0.4, -0.2) is 49.1 Å². The molecule has 4 heteroatoms. The Morgan fingerprint density at radius 2 is 2.17 bits per heavy atom. The van der Waals surface area contributed by atoms with Gasteiger partial charge in [-0.1, -0.05) is 6.42 Å². The molecule has 1 atom stereocenters. The van der Waals surface area contributed by atoms with Gasteiger partial charge in [-0.15, -0.1) is 0 Å². The average Bonchev–Trinajstić information content (AvgIpc) is 2.30. The van der Waals surface area contributed by atoms with Crippen LogP contribution in [-0.2, 0) is 4.79 Å². The van der Waals surface area contributed by atoms with Crippen molar-refractivity contribution in [1.82, 2.24) is 15.5 Å². The van der Waals surface area contributed by atoms with Crippen LogP contribution in [0.3, 0.4) is 0 Å². The molecule has 0 saturated carbocycles. The quantitative estimate of drug-likeness (QED) is 0.675. The molecule has 0 bridgehead atoms. The van der Waals surface area contributed by atoms with Crippen molar-refractivity contribution >= 4 is 5.91 Å². The van der Waals surface area contributed by atoms with Gasteiger partial charge in [0, 0.05) is 12.1 Å². The minimum atomic E-state index is 0.0938. The molecule has 1 heterocycles. The SMILES string of the molecule is CC(C)NC(=O)CNCCCN1CCCCC1C. The van der Waals surface area contributed by atoms with Crippen molar-refractivity contribution < 1.29 is 4.79 Å². The number of rotatable bonds is 7. The van der Waals surface area contributed by atoms with Gasteiger partial charge in [0.2, 0.25) is 5.91 Å². The molecule has 1 rings (SSSR count). The van der Waals surface area contributed by atoms with Gasteiger partial charge in [-0.2, -0.15) is 0 Å². The number of nitrogens with one attached hydrogen (secondary N) is 2. The number of piperidine rings is 1. The van der Waals surface area contributed by atoms with E-state index in [2.05, 4.69) is 22.5 Å². The first kappa shape index (κ1) is 15.4. The second-order valence-corrected chi connectivity index (χ2v) is 5.63. The zero-order valence-corrected chi connectivity index (χ0v) is 12.2. The summed E-state index contributed by atoms with van der Waals surface area (Å²) in [6.07, 6.45) is 5.18. The lowest BCUT2D eigenvalue weighted by molar-refractivity contribution is -0.120. The molecule has 1 saturated heterocycles. The molecular weight excluding hydrogens is 226 g/mol. The molecule has 1 aliphatic heterocycles. The number of nitrogens with zero attached hydrogens (tertiary/aromatic N) is 1. The zero-order chi connectivity index (χ0) is 13.4. The van der Waals surface area contributed by atoms with Gasteiger partial charge in [0.1, 0.15) is 0 Å². The third-order valence-electron chi connectivity index (χ3n) is 3.47. The Kier molecular flexibility index (Phi) is 7.28. The summed E-state index contributed by atoms with van der Waals surface area (Å²) in [6, 6.07) is 0.969. The first-order valence-corrected chi connectivity index (χ1v) is 7.33. The average molecular weight is 255 g/mol. The van der Waals surface area contributed by atoms with Crippen LogP contribution in [0, 0.1) is 0 Å². The highest BCUT2D eigenvalue weighted by atomic mass is 16.1. The van der Waals surface area contributed by atoms with Crippen LogP contribution < -0.4 is 10.6 Å².